The highest BCUT2D eigenvalue weighted by Crippen LogP contribution is 2.04. The van der Waals surface area contributed by atoms with Gasteiger partial charge in [-0.25, -0.2) is 9.18 Å². The molecule has 4 nitrogen and oxygen atoms in total. The zero-order valence-corrected chi connectivity index (χ0v) is 9.26. The zero-order chi connectivity index (χ0) is 12.4. The molecule has 1 aromatic carbocycles. The summed E-state index contributed by atoms with van der Waals surface area (Å²) in [5, 5.41) is 0. The number of imidazole rings is 1. The van der Waals surface area contributed by atoms with Crippen molar-refractivity contribution in [2.75, 3.05) is 0 Å². The maximum absolute atomic E-state index is 12.7. The van der Waals surface area contributed by atoms with Crippen LogP contribution in [0.2, 0.25) is 0 Å². The first-order valence-electron chi connectivity index (χ1n) is 5.08. The van der Waals surface area contributed by atoms with Crippen LogP contribution in [0.5, 0.6) is 0 Å². The Balaban J connectivity index is 2.20. The van der Waals surface area contributed by atoms with Crippen molar-refractivity contribution >= 4 is 5.78 Å². The van der Waals surface area contributed by atoms with E-state index in [-0.39, 0.29) is 18.0 Å². The van der Waals surface area contributed by atoms with Gasteiger partial charge in [-0.05, 0) is 24.3 Å². The molecule has 0 amide bonds. The van der Waals surface area contributed by atoms with Gasteiger partial charge in [0.05, 0.1) is 6.54 Å². The van der Waals surface area contributed by atoms with Gasteiger partial charge in [-0.3, -0.25) is 9.36 Å². The van der Waals surface area contributed by atoms with Crippen molar-refractivity contribution in [3.05, 3.63) is 58.5 Å². The second-order valence-electron chi connectivity index (χ2n) is 3.75. The van der Waals surface area contributed by atoms with Gasteiger partial charge in [0, 0.05) is 25.0 Å². The Kier molecular flexibility index (Phi) is 2.91. The highest BCUT2D eigenvalue weighted by atomic mass is 19.1. The third-order valence-electron chi connectivity index (χ3n) is 2.50. The Bertz CT molecular complexity index is 596. The highest BCUT2D eigenvalue weighted by Gasteiger charge is 2.09. The van der Waals surface area contributed by atoms with E-state index >= 15 is 0 Å². The van der Waals surface area contributed by atoms with E-state index in [0.717, 1.165) is 0 Å². The summed E-state index contributed by atoms with van der Waals surface area (Å²) in [7, 11) is 1.61. The fraction of sp³-hybridized carbons (Fsp3) is 0.167. The molecule has 0 bridgehead atoms. The van der Waals surface area contributed by atoms with Gasteiger partial charge in [-0.1, -0.05) is 0 Å². The van der Waals surface area contributed by atoms with Crippen molar-refractivity contribution in [3.63, 3.8) is 0 Å². The number of benzene rings is 1. The molecule has 17 heavy (non-hydrogen) atoms. The molecular weight excluding hydrogens is 223 g/mol. The van der Waals surface area contributed by atoms with Crippen LogP contribution in [-0.4, -0.2) is 14.9 Å². The van der Waals surface area contributed by atoms with Crippen LogP contribution >= 0.6 is 0 Å². The second kappa shape index (κ2) is 4.37. The number of rotatable bonds is 3. The predicted octanol–water partition coefficient (Wildman–Crippen LogP) is 1.21. The van der Waals surface area contributed by atoms with Gasteiger partial charge in [0.25, 0.3) is 0 Å². The van der Waals surface area contributed by atoms with Gasteiger partial charge < -0.3 is 4.57 Å². The molecule has 0 saturated carbocycles. The number of halogens is 1. The fourth-order valence-electron chi connectivity index (χ4n) is 1.51. The first-order valence-corrected chi connectivity index (χ1v) is 5.08. The summed E-state index contributed by atoms with van der Waals surface area (Å²) < 4.78 is 15.4. The lowest BCUT2D eigenvalue weighted by atomic mass is 10.1. The predicted molar refractivity (Wildman–Crippen MR) is 60.4 cm³/mol. The lowest BCUT2D eigenvalue weighted by Crippen LogP contribution is -2.25. The standard InChI is InChI=1S/C12H11FN2O2/c1-14-6-7-15(12(14)17)8-11(16)9-2-4-10(13)5-3-9/h2-7H,8H2,1H3. The van der Waals surface area contributed by atoms with E-state index in [1.807, 2.05) is 0 Å². The molecule has 0 N–H and O–H groups in total. The number of aryl methyl sites for hydroxylation is 1. The first-order chi connectivity index (χ1) is 8.08. The van der Waals surface area contributed by atoms with Crippen LogP contribution in [0, 0.1) is 5.82 Å². The quantitative estimate of drug-likeness (QED) is 0.749. The molecule has 2 rings (SSSR count). The third kappa shape index (κ3) is 2.33. The van der Waals surface area contributed by atoms with Gasteiger partial charge in [0.2, 0.25) is 0 Å². The summed E-state index contributed by atoms with van der Waals surface area (Å²) in [4.78, 5) is 23.3. The Hall–Kier alpha value is -2.17. The van der Waals surface area contributed by atoms with Crippen molar-refractivity contribution < 1.29 is 9.18 Å². The molecular formula is C12H11FN2O2. The van der Waals surface area contributed by atoms with Gasteiger partial charge in [0.15, 0.2) is 5.78 Å². The monoisotopic (exact) mass is 234 g/mol. The number of ketones is 1. The van der Waals surface area contributed by atoms with Crippen LogP contribution in [0.25, 0.3) is 0 Å². The lowest BCUT2D eigenvalue weighted by Gasteiger charge is -2.01. The number of carbonyl (C=O) groups is 1. The zero-order valence-electron chi connectivity index (χ0n) is 9.26. The number of hydrogen-bond acceptors (Lipinski definition) is 2. The summed E-state index contributed by atoms with van der Waals surface area (Å²) in [5.41, 5.74) is 0.141. The average molecular weight is 234 g/mol. The lowest BCUT2D eigenvalue weighted by molar-refractivity contribution is 0.0970. The molecule has 0 aliphatic rings. The maximum atomic E-state index is 12.7. The molecule has 88 valence electrons. The van der Waals surface area contributed by atoms with Crippen molar-refractivity contribution in [3.8, 4) is 0 Å². The molecule has 0 spiro atoms. The van der Waals surface area contributed by atoms with Crippen LogP contribution in [-0.2, 0) is 13.6 Å². The van der Waals surface area contributed by atoms with E-state index in [2.05, 4.69) is 0 Å². The van der Waals surface area contributed by atoms with Crippen LogP contribution in [0.1, 0.15) is 10.4 Å². The molecule has 0 aliphatic heterocycles. The van der Waals surface area contributed by atoms with E-state index in [1.165, 1.54) is 33.4 Å². The third-order valence-corrected chi connectivity index (χ3v) is 2.50. The van der Waals surface area contributed by atoms with Gasteiger partial charge in [0.1, 0.15) is 5.82 Å². The molecule has 0 aliphatic carbocycles. The Morgan fingerprint density at radius 3 is 2.41 bits per heavy atom. The molecule has 2 aromatic rings. The van der Waals surface area contributed by atoms with Crippen molar-refractivity contribution in [1.29, 1.82) is 0 Å². The van der Waals surface area contributed by atoms with E-state index in [1.54, 1.807) is 19.4 Å². The van der Waals surface area contributed by atoms with Crippen LogP contribution < -0.4 is 5.69 Å². The van der Waals surface area contributed by atoms with E-state index in [0.29, 0.717) is 5.56 Å². The molecule has 0 unspecified atom stereocenters. The van der Waals surface area contributed by atoms with E-state index < -0.39 is 5.82 Å². The molecule has 1 aromatic heterocycles. The Morgan fingerprint density at radius 1 is 1.24 bits per heavy atom. The van der Waals surface area contributed by atoms with Gasteiger partial charge in [-0.15, -0.1) is 0 Å². The summed E-state index contributed by atoms with van der Waals surface area (Å²) in [6, 6.07) is 5.26. The molecule has 0 saturated heterocycles. The van der Waals surface area contributed by atoms with Crippen molar-refractivity contribution in [2.45, 2.75) is 6.54 Å². The van der Waals surface area contributed by atoms with Crippen molar-refractivity contribution in [1.82, 2.24) is 9.13 Å². The molecule has 0 fully saturated rings. The van der Waals surface area contributed by atoms with Gasteiger partial charge in [-0.2, -0.15) is 0 Å². The number of aromatic nitrogens is 2. The van der Waals surface area contributed by atoms with Crippen molar-refractivity contribution in [2.24, 2.45) is 7.05 Å². The minimum absolute atomic E-state index is 0.0364. The Morgan fingerprint density at radius 2 is 1.88 bits per heavy atom. The average Bonchev–Trinajstić information content (AvgIpc) is 2.62. The van der Waals surface area contributed by atoms with Crippen LogP contribution in [0.4, 0.5) is 4.39 Å². The number of hydrogen-bond donors (Lipinski definition) is 0. The largest absolute Gasteiger partial charge is 0.328 e. The van der Waals surface area contributed by atoms with E-state index in [4.69, 9.17) is 0 Å². The number of Topliss-reactive ketones (excluding diaryl/α,β-unsaturated/α-hetero) is 1. The topological polar surface area (TPSA) is 44.0 Å². The highest BCUT2D eigenvalue weighted by molar-refractivity contribution is 5.95. The molecule has 5 heteroatoms. The Labute approximate surface area is 96.9 Å². The minimum atomic E-state index is -0.390. The maximum Gasteiger partial charge on any atom is 0.328 e. The van der Waals surface area contributed by atoms with Crippen LogP contribution in [0.15, 0.2) is 41.5 Å². The fourth-order valence-corrected chi connectivity index (χ4v) is 1.51. The summed E-state index contributed by atoms with van der Waals surface area (Å²) in [6.45, 7) is -0.0364. The number of nitrogens with zero attached hydrogens (tertiary/aromatic N) is 2. The number of carbonyl (C=O) groups excluding carboxylic acids is 1. The van der Waals surface area contributed by atoms with Gasteiger partial charge >= 0.3 is 5.69 Å². The molecule has 0 radical (unpaired) electrons. The summed E-state index contributed by atoms with van der Waals surface area (Å²) >= 11 is 0. The summed E-state index contributed by atoms with van der Waals surface area (Å²) in [6.07, 6.45) is 3.13. The SMILES string of the molecule is Cn1ccn(CC(=O)c2ccc(F)cc2)c1=O. The van der Waals surface area contributed by atoms with E-state index in [9.17, 15) is 14.0 Å². The molecule has 0 atom stereocenters. The molecule has 1 heterocycles. The smallest absolute Gasteiger partial charge is 0.302 e. The normalized spacial score (nSPS) is 10.5. The van der Waals surface area contributed by atoms with Crippen LogP contribution in [0.3, 0.4) is 0 Å². The minimum Gasteiger partial charge on any atom is -0.302 e. The first kappa shape index (κ1) is 11.3. The second-order valence-corrected chi connectivity index (χ2v) is 3.75. The summed E-state index contributed by atoms with van der Waals surface area (Å²) in [5.74, 6) is -0.614.